The second kappa shape index (κ2) is 7.80. The molecule has 0 spiro atoms. The number of aromatic nitrogens is 1. The average molecular weight is 300 g/mol. The molecule has 0 aliphatic heterocycles. The molecule has 0 aliphatic carbocycles. The van der Waals surface area contributed by atoms with Gasteiger partial charge in [-0.2, -0.15) is 0 Å². The lowest BCUT2D eigenvalue weighted by Crippen LogP contribution is -2.21. The van der Waals surface area contributed by atoms with Gasteiger partial charge in [0, 0.05) is 17.7 Å². The van der Waals surface area contributed by atoms with Gasteiger partial charge in [0.2, 0.25) is 0 Å². The molecule has 1 aromatic heterocycles. The van der Waals surface area contributed by atoms with Crippen LogP contribution in [0.3, 0.4) is 0 Å². The predicted molar refractivity (Wildman–Crippen MR) is 90.3 cm³/mol. The molecule has 0 fully saturated rings. The van der Waals surface area contributed by atoms with Crippen LogP contribution in [0.5, 0.6) is 5.75 Å². The predicted octanol–water partition coefficient (Wildman–Crippen LogP) is 3.33. The minimum absolute atomic E-state index is 0.0551. The highest BCUT2D eigenvalue weighted by molar-refractivity contribution is 5.67. The molecule has 0 unspecified atom stereocenters. The van der Waals surface area contributed by atoms with Gasteiger partial charge in [0.15, 0.2) is 0 Å². The Balaban J connectivity index is 2.27. The molecule has 2 rings (SSSR count). The zero-order valence-electron chi connectivity index (χ0n) is 13.5. The molecular weight excluding hydrogens is 276 g/mol. The highest BCUT2D eigenvalue weighted by Crippen LogP contribution is 2.28. The third-order valence-corrected chi connectivity index (χ3v) is 3.27. The van der Waals surface area contributed by atoms with Crippen molar-refractivity contribution in [1.82, 2.24) is 10.3 Å². The van der Waals surface area contributed by atoms with Crippen molar-refractivity contribution in [2.24, 2.45) is 0 Å². The zero-order valence-corrected chi connectivity index (χ0v) is 13.5. The molecule has 1 aromatic carbocycles. The molecule has 2 N–H and O–H groups in total. The van der Waals surface area contributed by atoms with E-state index in [2.05, 4.69) is 17.2 Å². The summed E-state index contributed by atoms with van der Waals surface area (Å²) in [5.74, 6) is 0.782. The summed E-state index contributed by atoms with van der Waals surface area (Å²) < 4.78 is 5.81. The summed E-state index contributed by atoms with van der Waals surface area (Å²) in [7, 11) is 0. The highest BCUT2D eigenvalue weighted by Gasteiger charge is 2.09. The van der Waals surface area contributed by atoms with Crippen molar-refractivity contribution in [3.05, 3.63) is 52.3 Å². The highest BCUT2D eigenvalue weighted by atomic mass is 16.5. The number of hydrogen-bond donors (Lipinski definition) is 2. The van der Waals surface area contributed by atoms with Gasteiger partial charge < -0.3 is 15.0 Å². The molecule has 0 bridgehead atoms. The van der Waals surface area contributed by atoms with Crippen LogP contribution in [0.25, 0.3) is 11.3 Å². The van der Waals surface area contributed by atoms with Crippen molar-refractivity contribution in [3.8, 4) is 17.0 Å². The summed E-state index contributed by atoms with van der Waals surface area (Å²) in [6.45, 7) is 7.58. The van der Waals surface area contributed by atoms with Gasteiger partial charge in [0.25, 0.3) is 5.56 Å². The van der Waals surface area contributed by atoms with Gasteiger partial charge in [-0.15, -0.1) is 0 Å². The van der Waals surface area contributed by atoms with Crippen molar-refractivity contribution >= 4 is 0 Å². The molecule has 118 valence electrons. The van der Waals surface area contributed by atoms with Gasteiger partial charge in [-0.1, -0.05) is 25.1 Å². The largest absolute Gasteiger partial charge is 0.490 e. The molecule has 2 aromatic rings. The standard InChI is InChI=1S/C18H24N2O2/c1-4-11-19-12-14-9-10-16(20-18(14)21)15-7-5-6-8-17(15)22-13(2)3/h5-10,13,19H,4,11-12H2,1-3H3,(H,20,21). The average Bonchev–Trinajstić information content (AvgIpc) is 2.49. The molecular formula is C18H24N2O2. The maximum atomic E-state index is 12.2. The zero-order chi connectivity index (χ0) is 15.9. The fourth-order valence-corrected chi connectivity index (χ4v) is 2.25. The smallest absolute Gasteiger partial charge is 0.252 e. The van der Waals surface area contributed by atoms with E-state index in [-0.39, 0.29) is 11.7 Å². The minimum Gasteiger partial charge on any atom is -0.490 e. The Morgan fingerprint density at radius 2 is 1.95 bits per heavy atom. The molecule has 4 nitrogen and oxygen atoms in total. The summed E-state index contributed by atoms with van der Waals surface area (Å²) in [5, 5.41) is 3.24. The fraction of sp³-hybridized carbons (Fsp3) is 0.389. The number of pyridine rings is 1. The third kappa shape index (κ3) is 4.21. The van der Waals surface area contributed by atoms with Gasteiger partial charge in [-0.3, -0.25) is 4.79 Å². The van der Waals surface area contributed by atoms with E-state index in [1.807, 2.05) is 50.2 Å². The first-order valence-corrected chi connectivity index (χ1v) is 7.80. The maximum Gasteiger partial charge on any atom is 0.252 e. The number of hydrogen-bond acceptors (Lipinski definition) is 3. The Morgan fingerprint density at radius 3 is 2.64 bits per heavy atom. The number of aromatic amines is 1. The summed E-state index contributed by atoms with van der Waals surface area (Å²) in [5.41, 5.74) is 2.38. The van der Waals surface area contributed by atoms with Crippen LogP contribution in [-0.4, -0.2) is 17.6 Å². The van der Waals surface area contributed by atoms with Gasteiger partial charge in [-0.05, 0) is 45.0 Å². The number of ether oxygens (including phenoxy) is 1. The van der Waals surface area contributed by atoms with Crippen LogP contribution in [0.15, 0.2) is 41.2 Å². The van der Waals surface area contributed by atoms with E-state index < -0.39 is 0 Å². The fourth-order valence-electron chi connectivity index (χ4n) is 2.25. The van der Waals surface area contributed by atoms with Gasteiger partial charge in [-0.25, -0.2) is 0 Å². The van der Waals surface area contributed by atoms with Gasteiger partial charge >= 0.3 is 0 Å². The van der Waals surface area contributed by atoms with E-state index in [0.717, 1.165) is 35.5 Å². The van der Waals surface area contributed by atoms with Crippen LogP contribution in [-0.2, 0) is 6.54 Å². The normalized spacial score (nSPS) is 10.9. The van der Waals surface area contributed by atoms with E-state index in [9.17, 15) is 4.79 Å². The van der Waals surface area contributed by atoms with E-state index >= 15 is 0 Å². The Kier molecular flexibility index (Phi) is 5.78. The molecule has 0 saturated carbocycles. The third-order valence-electron chi connectivity index (χ3n) is 3.27. The maximum absolute atomic E-state index is 12.2. The number of benzene rings is 1. The second-order valence-corrected chi connectivity index (χ2v) is 5.57. The Hall–Kier alpha value is -2.07. The summed E-state index contributed by atoms with van der Waals surface area (Å²) in [4.78, 5) is 15.2. The molecule has 0 radical (unpaired) electrons. The van der Waals surface area contributed by atoms with Crippen LogP contribution >= 0.6 is 0 Å². The van der Waals surface area contributed by atoms with Crippen LogP contribution in [0.2, 0.25) is 0 Å². The quantitative estimate of drug-likeness (QED) is 0.771. The number of H-pyrrole nitrogens is 1. The van der Waals surface area contributed by atoms with E-state index in [0.29, 0.717) is 6.54 Å². The Labute approximate surface area is 131 Å². The summed E-state index contributed by atoms with van der Waals surface area (Å²) >= 11 is 0. The summed E-state index contributed by atoms with van der Waals surface area (Å²) in [6, 6.07) is 11.6. The van der Waals surface area contributed by atoms with Crippen molar-refractivity contribution in [3.63, 3.8) is 0 Å². The van der Waals surface area contributed by atoms with Crippen molar-refractivity contribution in [1.29, 1.82) is 0 Å². The molecule has 0 atom stereocenters. The van der Waals surface area contributed by atoms with Crippen molar-refractivity contribution in [2.75, 3.05) is 6.54 Å². The lowest BCUT2D eigenvalue weighted by Gasteiger charge is -2.14. The molecule has 0 saturated heterocycles. The topological polar surface area (TPSA) is 54.1 Å². The van der Waals surface area contributed by atoms with Crippen molar-refractivity contribution < 1.29 is 4.74 Å². The molecule has 22 heavy (non-hydrogen) atoms. The van der Waals surface area contributed by atoms with E-state index in [4.69, 9.17) is 4.74 Å². The lowest BCUT2D eigenvalue weighted by molar-refractivity contribution is 0.243. The van der Waals surface area contributed by atoms with Crippen LogP contribution in [0.4, 0.5) is 0 Å². The van der Waals surface area contributed by atoms with Gasteiger partial charge in [0.05, 0.1) is 11.8 Å². The number of rotatable bonds is 7. The van der Waals surface area contributed by atoms with E-state index in [1.54, 1.807) is 0 Å². The second-order valence-electron chi connectivity index (χ2n) is 5.57. The molecule has 0 aliphatic rings. The monoisotopic (exact) mass is 300 g/mol. The number of nitrogens with one attached hydrogen (secondary N) is 2. The van der Waals surface area contributed by atoms with Crippen LogP contribution < -0.4 is 15.6 Å². The van der Waals surface area contributed by atoms with Crippen LogP contribution in [0, 0.1) is 0 Å². The molecule has 1 heterocycles. The first-order chi connectivity index (χ1) is 10.6. The summed E-state index contributed by atoms with van der Waals surface area (Å²) in [6.07, 6.45) is 1.14. The Bertz CT molecular complexity index is 662. The van der Waals surface area contributed by atoms with Crippen LogP contribution in [0.1, 0.15) is 32.8 Å². The van der Waals surface area contributed by atoms with Gasteiger partial charge in [0.1, 0.15) is 5.75 Å². The molecule has 4 heteroatoms. The minimum atomic E-state index is -0.0551. The first kappa shape index (κ1) is 16.3. The SMILES string of the molecule is CCCNCc1ccc(-c2ccccc2OC(C)C)[nH]c1=O. The Morgan fingerprint density at radius 1 is 1.18 bits per heavy atom. The van der Waals surface area contributed by atoms with Crippen molar-refractivity contribution in [2.45, 2.75) is 39.8 Å². The first-order valence-electron chi connectivity index (χ1n) is 7.80. The number of para-hydroxylation sites is 1. The molecule has 0 amide bonds. The van der Waals surface area contributed by atoms with E-state index in [1.165, 1.54) is 0 Å². The lowest BCUT2D eigenvalue weighted by atomic mass is 10.1.